The monoisotopic (exact) mass is 142 g/mol. The fraction of sp³-hybridized carbons (Fsp3) is 0.833. The number of nitrogens with zero attached hydrogens (tertiary/aromatic N) is 2. The fourth-order valence-electron chi connectivity index (χ4n) is 1.06. The Bertz CT molecular complexity index is 132. The van der Waals surface area contributed by atoms with Crippen LogP contribution in [0.3, 0.4) is 0 Å². The number of hydrogen-bond acceptors (Lipinski definition) is 3. The molecule has 1 aliphatic rings. The molecule has 0 unspecified atom stereocenters. The third kappa shape index (κ3) is 1.60. The van der Waals surface area contributed by atoms with Gasteiger partial charge >= 0.3 is 0 Å². The Balaban J connectivity index is 2.39. The predicted octanol–water partition coefficient (Wildman–Crippen LogP) is -0.816. The van der Waals surface area contributed by atoms with Crippen molar-refractivity contribution in [3.8, 4) is 0 Å². The summed E-state index contributed by atoms with van der Waals surface area (Å²) in [6, 6.07) is 0. The Labute approximate surface area is 61.1 Å². The normalized spacial score (nSPS) is 24.7. The Hall–Kier alpha value is -0.770. The van der Waals surface area contributed by atoms with Gasteiger partial charge in [-0.25, -0.2) is 0 Å². The molecule has 0 amide bonds. The first-order valence-electron chi connectivity index (χ1n) is 3.59. The Kier molecular flexibility index (Phi) is 2.50. The molecular weight excluding hydrogens is 128 g/mol. The summed E-state index contributed by atoms with van der Waals surface area (Å²) in [5.41, 5.74) is 0. The molecule has 0 spiro atoms. The van der Waals surface area contributed by atoms with Gasteiger partial charge in [0.25, 0.3) is 0 Å². The zero-order valence-corrected chi connectivity index (χ0v) is 6.30. The van der Waals surface area contributed by atoms with Gasteiger partial charge in [0.15, 0.2) is 0 Å². The maximum Gasteiger partial charge on any atom is 0.136 e. The molecule has 0 aromatic heterocycles. The molecule has 0 bridgehead atoms. The third-order valence-electron chi connectivity index (χ3n) is 1.73. The largest absolute Gasteiger partial charge is 0.370 e. The maximum atomic E-state index is 5.12. The van der Waals surface area contributed by atoms with Crippen LogP contribution < -0.4 is 11.2 Å². The van der Waals surface area contributed by atoms with Gasteiger partial charge < -0.3 is 11.2 Å². The molecule has 0 saturated carbocycles. The first-order chi connectivity index (χ1) is 4.86. The van der Waals surface area contributed by atoms with Gasteiger partial charge in [-0.15, -0.1) is 0 Å². The van der Waals surface area contributed by atoms with Gasteiger partial charge in [-0.2, -0.15) is 5.10 Å². The van der Waals surface area contributed by atoms with Crippen LogP contribution in [0.2, 0.25) is 0 Å². The van der Waals surface area contributed by atoms with Crippen molar-refractivity contribution in [3.05, 3.63) is 0 Å². The van der Waals surface area contributed by atoms with E-state index in [0.717, 1.165) is 32.0 Å². The minimum absolute atomic E-state index is 0.868. The lowest BCUT2D eigenvalue weighted by Crippen LogP contribution is -2.47. The maximum absolute atomic E-state index is 5.12. The fourth-order valence-corrected chi connectivity index (χ4v) is 1.06. The molecular formula is C6H14N4. The van der Waals surface area contributed by atoms with Crippen LogP contribution in [0.25, 0.3) is 0 Å². The summed E-state index contributed by atoms with van der Waals surface area (Å²) in [7, 11) is 0. The van der Waals surface area contributed by atoms with Crippen molar-refractivity contribution in [2.45, 2.75) is 6.92 Å². The van der Waals surface area contributed by atoms with E-state index >= 15 is 0 Å². The topological polar surface area (TPSA) is 53.6 Å². The minimum atomic E-state index is 0.868. The molecule has 58 valence electrons. The van der Waals surface area contributed by atoms with E-state index in [1.54, 1.807) is 0 Å². The second-order valence-electron chi connectivity index (χ2n) is 2.37. The minimum Gasteiger partial charge on any atom is -0.370 e. The van der Waals surface area contributed by atoms with Gasteiger partial charge in [0.1, 0.15) is 5.84 Å². The van der Waals surface area contributed by atoms with Gasteiger partial charge in [0.2, 0.25) is 0 Å². The summed E-state index contributed by atoms with van der Waals surface area (Å²) < 4.78 is 0. The highest BCUT2D eigenvalue weighted by atomic mass is 15.3. The molecule has 1 aliphatic heterocycles. The molecule has 10 heavy (non-hydrogen) atoms. The molecule has 1 heterocycles. The first-order valence-corrected chi connectivity index (χ1v) is 3.59. The Morgan fingerprint density at radius 2 is 2.60 bits per heavy atom. The van der Waals surface area contributed by atoms with Crippen LogP contribution in [0.1, 0.15) is 6.92 Å². The number of nitrogens with two attached hydrogens (primary N) is 1. The zero-order chi connectivity index (χ0) is 7.40. The molecule has 4 nitrogen and oxygen atoms in total. The molecule has 4 heteroatoms. The van der Waals surface area contributed by atoms with Gasteiger partial charge in [0, 0.05) is 13.1 Å². The average molecular weight is 142 g/mol. The summed E-state index contributed by atoms with van der Waals surface area (Å²) in [4.78, 5) is 2.29. The molecule has 1 fully saturated rings. The quantitative estimate of drug-likeness (QED) is 0.371. The zero-order valence-electron chi connectivity index (χ0n) is 6.30. The molecule has 0 aromatic rings. The lowest BCUT2D eigenvalue weighted by atomic mass is 10.3. The molecule has 3 N–H and O–H groups in total. The molecule has 1 saturated heterocycles. The summed E-state index contributed by atoms with van der Waals surface area (Å²) in [6.07, 6.45) is 0. The number of amidine groups is 1. The summed E-state index contributed by atoms with van der Waals surface area (Å²) in [5, 5.41) is 6.73. The number of nitrogens with one attached hydrogen (secondary N) is 1. The molecule has 0 aliphatic carbocycles. The number of hydrogen-bond donors (Lipinski definition) is 2. The van der Waals surface area contributed by atoms with Crippen LogP contribution in [-0.4, -0.2) is 36.9 Å². The van der Waals surface area contributed by atoms with Crippen molar-refractivity contribution in [1.29, 1.82) is 0 Å². The van der Waals surface area contributed by atoms with Crippen LogP contribution in [0.5, 0.6) is 0 Å². The second kappa shape index (κ2) is 3.41. The van der Waals surface area contributed by atoms with Crippen LogP contribution in [0.15, 0.2) is 5.10 Å². The SMILES string of the molecule is CCN1CCN/C(=N\N)C1. The highest BCUT2D eigenvalue weighted by Gasteiger charge is 2.11. The van der Waals surface area contributed by atoms with E-state index in [-0.39, 0.29) is 0 Å². The average Bonchev–Trinajstić information content (AvgIpc) is 2.05. The highest BCUT2D eigenvalue weighted by molar-refractivity contribution is 5.84. The van der Waals surface area contributed by atoms with E-state index in [1.165, 1.54) is 0 Å². The van der Waals surface area contributed by atoms with Crippen molar-refractivity contribution >= 4 is 5.84 Å². The van der Waals surface area contributed by atoms with Crippen molar-refractivity contribution in [2.24, 2.45) is 10.9 Å². The molecule has 0 atom stereocenters. The highest BCUT2D eigenvalue weighted by Crippen LogP contribution is 1.91. The molecule has 0 radical (unpaired) electrons. The summed E-state index contributed by atoms with van der Waals surface area (Å²) >= 11 is 0. The van der Waals surface area contributed by atoms with Crippen LogP contribution >= 0.6 is 0 Å². The number of rotatable bonds is 1. The summed E-state index contributed by atoms with van der Waals surface area (Å²) in [5.74, 6) is 6.02. The van der Waals surface area contributed by atoms with E-state index in [9.17, 15) is 0 Å². The van der Waals surface area contributed by atoms with E-state index in [1.807, 2.05) is 0 Å². The van der Waals surface area contributed by atoms with E-state index < -0.39 is 0 Å². The Morgan fingerprint density at radius 1 is 1.80 bits per heavy atom. The predicted molar refractivity (Wildman–Crippen MR) is 41.7 cm³/mol. The van der Waals surface area contributed by atoms with Gasteiger partial charge in [0.05, 0.1) is 6.54 Å². The third-order valence-corrected chi connectivity index (χ3v) is 1.73. The number of piperazine rings is 1. The van der Waals surface area contributed by atoms with E-state index in [2.05, 4.69) is 22.2 Å². The molecule has 0 aromatic carbocycles. The number of hydrazone groups is 1. The van der Waals surface area contributed by atoms with Crippen molar-refractivity contribution in [2.75, 3.05) is 26.2 Å². The Morgan fingerprint density at radius 3 is 3.20 bits per heavy atom. The van der Waals surface area contributed by atoms with Gasteiger partial charge in [-0.1, -0.05) is 6.92 Å². The first kappa shape index (κ1) is 7.34. The second-order valence-corrected chi connectivity index (χ2v) is 2.37. The summed E-state index contributed by atoms with van der Waals surface area (Å²) in [6.45, 7) is 6.13. The lowest BCUT2D eigenvalue weighted by Gasteiger charge is -2.26. The molecule has 1 rings (SSSR count). The van der Waals surface area contributed by atoms with E-state index in [4.69, 9.17) is 5.84 Å². The van der Waals surface area contributed by atoms with Gasteiger partial charge in [-0.05, 0) is 6.54 Å². The smallest absolute Gasteiger partial charge is 0.136 e. The lowest BCUT2D eigenvalue weighted by molar-refractivity contribution is 0.311. The van der Waals surface area contributed by atoms with Crippen molar-refractivity contribution in [1.82, 2.24) is 10.2 Å². The van der Waals surface area contributed by atoms with Crippen molar-refractivity contribution < 1.29 is 0 Å². The van der Waals surface area contributed by atoms with Crippen molar-refractivity contribution in [3.63, 3.8) is 0 Å². The van der Waals surface area contributed by atoms with E-state index in [0.29, 0.717) is 0 Å². The van der Waals surface area contributed by atoms with Crippen LogP contribution in [0, 0.1) is 0 Å². The standard InChI is InChI=1S/C6H14N4/c1-2-10-4-3-8-6(5-10)9-7/h2-5,7H2,1H3,(H,8,9). The van der Waals surface area contributed by atoms with Crippen LogP contribution in [-0.2, 0) is 0 Å². The number of likely N-dealkylation sites (N-methyl/N-ethyl adjacent to an activating group) is 1. The van der Waals surface area contributed by atoms with Crippen LogP contribution in [0.4, 0.5) is 0 Å². The van der Waals surface area contributed by atoms with Gasteiger partial charge in [-0.3, -0.25) is 4.90 Å².